The first-order valence-electron chi connectivity index (χ1n) is 6.89. The van der Waals surface area contributed by atoms with Crippen LogP contribution < -0.4 is 10.6 Å². The molecule has 0 aliphatic carbocycles. The maximum Gasteiger partial charge on any atom is 0.238 e. The standard InChI is InChI=1S/C15H22N2OS/c1-12-3-2-4-14(9-12)17-15(18)11-16-10-13-5-7-19-8-6-13/h2-4,9,13,16H,5-8,10-11H2,1H3,(H,17,18). The highest BCUT2D eigenvalue weighted by molar-refractivity contribution is 7.99. The van der Waals surface area contributed by atoms with Crippen LogP contribution in [0.5, 0.6) is 0 Å². The van der Waals surface area contributed by atoms with Gasteiger partial charge in [-0.2, -0.15) is 11.8 Å². The van der Waals surface area contributed by atoms with Crippen molar-refractivity contribution in [3.8, 4) is 0 Å². The maximum atomic E-state index is 11.8. The fraction of sp³-hybridized carbons (Fsp3) is 0.533. The number of amides is 1. The summed E-state index contributed by atoms with van der Waals surface area (Å²) >= 11 is 2.03. The number of hydrogen-bond donors (Lipinski definition) is 2. The van der Waals surface area contributed by atoms with E-state index < -0.39 is 0 Å². The highest BCUT2D eigenvalue weighted by Crippen LogP contribution is 2.21. The molecule has 1 fully saturated rings. The number of aryl methyl sites for hydroxylation is 1. The number of carbonyl (C=O) groups is 1. The predicted molar refractivity (Wildman–Crippen MR) is 82.7 cm³/mol. The minimum atomic E-state index is 0.0378. The third-order valence-corrected chi connectivity index (χ3v) is 4.41. The molecule has 0 atom stereocenters. The Bertz CT molecular complexity index is 416. The summed E-state index contributed by atoms with van der Waals surface area (Å²) in [5, 5.41) is 6.18. The Hall–Kier alpha value is -1.00. The first-order chi connectivity index (χ1) is 9.24. The van der Waals surface area contributed by atoms with Gasteiger partial charge in [-0.15, -0.1) is 0 Å². The Kier molecular flexibility index (Phi) is 5.73. The number of nitrogens with one attached hydrogen (secondary N) is 2. The molecule has 0 bridgehead atoms. The first-order valence-corrected chi connectivity index (χ1v) is 8.04. The van der Waals surface area contributed by atoms with Crippen LogP contribution in [0.4, 0.5) is 5.69 Å². The molecular weight excluding hydrogens is 256 g/mol. The summed E-state index contributed by atoms with van der Waals surface area (Å²) in [5.41, 5.74) is 2.03. The number of thioether (sulfide) groups is 1. The van der Waals surface area contributed by atoms with E-state index in [0.717, 1.165) is 23.7 Å². The van der Waals surface area contributed by atoms with E-state index in [0.29, 0.717) is 6.54 Å². The molecule has 0 saturated carbocycles. The molecule has 19 heavy (non-hydrogen) atoms. The van der Waals surface area contributed by atoms with Gasteiger partial charge in [0.05, 0.1) is 6.54 Å². The lowest BCUT2D eigenvalue weighted by Crippen LogP contribution is -2.32. The monoisotopic (exact) mass is 278 g/mol. The van der Waals surface area contributed by atoms with Crippen LogP contribution in [0.2, 0.25) is 0 Å². The van der Waals surface area contributed by atoms with Crippen LogP contribution in [0.3, 0.4) is 0 Å². The summed E-state index contributed by atoms with van der Waals surface area (Å²) in [4.78, 5) is 11.8. The fourth-order valence-corrected chi connectivity index (χ4v) is 3.47. The molecule has 4 heteroatoms. The van der Waals surface area contributed by atoms with E-state index in [1.807, 2.05) is 43.0 Å². The fourth-order valence-electron chi connectivity index (χ4n) is 2.27. The largest absolute Gasteiger partial charge is 0.325 e. The highest BCUT2D eigenvalue weighted by Gasteiger charge is 2.13. The Labute approximate surface area is 119 Å². The second-order valence-electron chi connectivity index (χ2n) is 5.10. The lowest BCUT2D eigenvalue weighted by molar-refractivity contribution is -0.115. The van der Waals surface area contributed by atoms with Crippen molar-refractivity contribution < 1.29 is 4.79 Å². The van der Waals surface area contributed by atoms with E-state index in [1.165, 1.54) is 24.3 Å². The van der Waals surface area contributed by atoms with Crippen molar-refractivity contribution in [3.05, 3.63) is 29.8 Å². The van der Waals surface area contributed by atoms with E-state index in [9.17, 15) is 4.79 Å². The van der Waals surface area contributed by atoms with Crippen LogP contribution in [-0.2, 0) is 4.79 Å². The molecule has 2 rings (SSSR count). The third kappa shape index (κ3) is 5.25. The molecule has 1 aliphatic rings. The number of benzene rings is 1. The lowest BCUT2D eigenvalue weighted by atomic mass is 10.0. The third-order valence-electron chi connectivity index (χ3n) is 3.36. The van der Waals surface area contributed by atoms with Crippen molar-refractivity contribution >= 4 is 23.4 Å². The van der Waals surface area contributed by atoms with E-state index >= 15 is 0 Å². The molecule has 0 unspecified atom stereocenters. The number of hydrogen-bond acceptors (Lipinski definition) is 3. The molecule has 1 heterocycles. The summed E-state index contributed by atoms with van der Waals surface area (Å²) in [6.45, 7) is 3.38. The molecule has 1 aromatic rings. The average molecular weight is 278 g/mol. The molecule has 0 aromatic heterocycles. The van der Waals surface area contributed by atoms with Gasteiger partial charge >= 0.3 is 0 Å². The molecular formula is C15H22N2OS. The van der Waals surface area contributed by atoms with Gasteiger partial charge in [-0.3, -0.25) is 4.79 Å². The van der Waals surface area contributed by atoms with E-state index in [4.69, 9.17) is 0 Å². The molecule has 1 saturated heterocycles. The minimum absolute atomic E-state index is 0.0378. The van der Waals surface area contributed by atoms with Crippen LogP contribution in [0.1, 0.15) is 18.4 Å². The zero-order valence-corrected chi connectivity index (χ0v) is 12.3. The van der Waals surface area contributed by atoms with Gasteiger partial charge in [-0.25, -0.2) is 0 Å². The quantitative estimate of drug-likeness (QED) is 0.870. The van der Waals surface area contributed by atoms with Crippen LogP contribution in [0.25, 0.3) is 0 Å². The molecule has 3 nitrogen and oxygen atoms in total. The topological polar surface area (TPSA) is 41.1 Å². The molecule has 1 aromatic carbocycles. The SMILES string of the molecule is Cc1cccc(NC(=O)CNCC2CCSCC2)c1. The summed E-state index contributed by atoms with van der Waals surface area (Å²) in [6, 6.07) is 7.88. The Morgan fingerprint density at radius 1 is 1.37 bits per heavy atom. The number of rotatable bonds is 5. The van der Waals surface area contributed by atoms with Gasteiger partial charge in [0, 0.05) is 5.69 Å². The summed E-state index contributed by atoms with van der Waals surface area (Å²) < 4.78 is 0. The highest BCUT2D eigenvalue weighted by atomic mass is 32.2. The zero-order valence-electron chi connectivity index (χ0n) is 11.4. The van der Waals surface area contributed by atoms with Crippen molar-refractivity contribution in [2.75, 3.05) is 29.9 Å². The molecule has 0 radical (unpaired) electrons. The van der Waals surface area contributed by atoms with Gasteiger partial charge < -0.3 is 10.6 Å². The van der Waals surface area contributed by atoms with Crippen molar-refractivity contribution in [2.45, 2.75) is 19.8 Å². The van der Waals surface area contributed by atoms with Crippen molar-refractivity contribution in [2.24, 2.45) is 5.92 Å². The zero-order chi connectivity index (χ0) is 13.5. The second-order valence-corrected chi connectivity index (χ2v) is 6.33. The van der Waals surface area contributed by atoms with E-state index in [1.54, 1.807) is 0 Å². The molecule has 2 N–H and O–H groups in total. The van der Waals surface area contributed by atoms with Gasteiger partial charge in [0.15, 0.2) is 0 Å². The van der Waals surface area contributed by atoms with Gasteiger partial charge in [0.1, 0.15) is 0 Å². The second kappa shape index (κ2) is 7.56. The van der Waals surface area contributed by atoms with Gasteiger partial charge in [0.2, 0.25) is 5.91 Å². The first kappa shape index (κ1) is 14.4. The summed E-state index contributed by atoms with van der Waals surface area (Å²) in [5.74, 6) is 3.31. The number of carbonyl (C=O) groups excluding carboxylic acids is 1. The molecule has 104 valence electrons. The lowest BCUT2D eigenvalue weighted by Gasteiger charge is -2.21. The van der Waals surface area contributed by atoms with Crippen molar-refractivity contribution in [1.82, 2.24) is 5.32 Å². The normalized spacial score (nSPS) is 16.3. The van der Waals surface area contributed by atoms with Crippen LogP contribution in [0, 0.1) is 12.8 Å². The Morgan fingerprint density at radius 3 is 2.89 bits per heavy atom. The van der Waals surface area contributed by atoms with Gasteiger partial charge in [-0.1, -0.05) is 12.1 Å². The Balaban J connectivity index is 1.67. The average Bonchev–Trinajstić information content (AvgIpc) is 2.40. The van der Waals surface area contributed by atoms with Crippen LogP contribution in [0.15, 0.2) is 24.3 Å². The summed E-state index contributed by atoms with van der Waals surface area (Å²) in [7, 11) is 0. The summed E-state index contributed by atoms with van der Waals surface area (Å²) in [6.07, 6.45) is 2.55. The van der Waals surface area contributed by atoms with Crippen molar-refractivity contribution in [1.29, 1.82) is 0 Å². The van der Waals surface area contributed by atoms with E-state index in [-0.39, 0.29) is 5.91 Å². The van der Waals surface area contributed by atoms with Crippen LogP contribution >= 0.6 is 11.8 Å². The van der Waals surface area contributed by atoms with E-state index in [2.05, 4.69) is 10.6 Å². The minimum Gasteiger partial charge on any atom is -0.325 e. The predicted octanol–water partition coefficient (Wildman–Crippen LogP) is 2.67. The van der Waals surface area contributed by atoms with Crippen LogP contribution in [-0.4, -0.2) is 30.5 Å². The van der Waals surface area contributed by atoms with Gasteiger partial charge in [-0.05, 0) is 61.4 Å². The molecule has 1 amide bonds. The molecule has 1 aliphatic heterocycles. The smallest absolute Gasteiger partial charge is 0.238 e. The molecule has 0 spiro atoms. The Morgan fingerprint density at radius 2 is 2.16 bits per heavy atom. The number of anilines is 1. The van der Waals surface area contributed by atoms with Crippen molar-refractivity contribution in [3.63, 3.8) is 0 Å². The maximum absolute atomic E-state index is 11.8. The van der Waals surface area contributed by atoms with Gasteiger partial charge in [0.25, 0.3) is 0 Å².